The van der Waals surface area contributed by atoms with Gasteiger partial charge in [0, 0.05) is 23.5 Å². The van der Waals surface area contributed by atoms with Crippen LogP contribution in [0.5, 0.6) is 11.5 Å². The standard InChI is InChI=1S/C27H19FN4O/c28-20-11-9-19(10-12-20)25-18-26(32-27(31-25)24-8-4-5-17-29-24)30-21-13-15-23(16-14-21)33-22-6-2-1-3-7-22/h1-18H,(H,30,31,32). The first-order chi connectivity index (χ1) is 16.2. The average Bonchev–Trinajstić information content (AvgIpc) is 2.87. The van der Waals surface area contributed by atoms with Gasteiger partial charge < -0.3 is 10.1 Å². The Bertz CT molecular complexity index is 1340. The highest BCUT2D eigenvalue weighted by Crippen LogP contribution is 2.27. The largest absolute Gasteiger partial charge is 0.457 e. The molecule has 5 nitrogen and oxygen atoms in total. The maximum Gasteiger partial charge on any atom is 0.180 e. The molecule has 0 bridgehead atoms. The number of anilines is 2. The molecule has 0 aliphatic carbocycles. The average molecular weight is 434 g/mol. The first-order valence-electron chi connectivity index (χ1n) is 10.4. The smallest absolute Gasteiger partial charge is 0.180 e. The van der Waals surface area contributed by atoms with Gasteiger partial charge in [-0.1, -0.05) is 24.3 Å². The Labute approximate surface area is 190 Å². The molecule has 2 heterocycles. The number of pyridine rings is 1. The van der Waals surface area contributed by atoms with E-state index in [-0.39, 0.29) is 5.82 Å². The quantitative estimate of drug-likeness (QED) is 0.316. The lowest BCUT2D eigenvalue weighted by Gasteiger charge is -2.11. The minimum absolute atomic E-state index is 0.297. The molecule has 0 aliphatic rings. The summed E-state index contributed by atoms with van der Waals surface area (Å²) in [4.78, 5) is 13.7. The van der Waals surface area contributed by atoms with Gasteiger partial charge in [-0.25, -0.2) is 14.4 Å². The minimum atomic E-state index is -0.297. The second-order valence-electron chi connectivity index (χ2n) is 7.25. The van der Waals surface area contributed by atoms with Gasteiger partial charge >= 0.3 is 0 Å². The highest BCUT2D eigenvalue weighted by Gasteiger charge is 2.10. The Balaban J connectivity index is 1.44. The van der Waals surface area contributed by atoms with E-state index in [0.717, 1.165) is 22.7 Å². The van der Waals surface area contributed by atoms with Crippen molar-refractivity contribution in [1.29, 1.82) is 0 Å². The van der Waals surface area contributed by atoms with Gasteiger partial charge in [0.05, 0.1) is 5.69 Å². The third kappa shape index (κ3) is 5.02. The highest BCUT2D eigenvalue weighted by atomic mass is 19.1. The van der Waals surface area contributed by atoms with Gasteiger partial charge in [0.1, 0.15) is 28.8 Å². The number of ether oxygens (including phenoxy) is 1. The van der Waals surface area contributed by atoms with Crippen LogP contribution in [0.15, 0.2) is 109 Å². The molecule has 5 rings (SSSR count). The number of hydrogen-bond donors (Lipinski definition) is 1. The Morgan fingerprint density at radius 2 is 1.39 bits per heavy atom. The van der Waals surface area contributed by atoms with E-state index in [0.29, 0.717) is 23.0 Å². The van der Waals surface area contributed by atoms with Crippen LogP contribution in [-0.4, -0.2) is 15.0 Å². The Morgan fingerprint density at radius 3 is 2.12 bits per heavy atom. The zero-order valence-corrected chi connectivity index (χ0v) is 17.5. The summed E-state index contributed by atoms with van der Waals surface area (Å²) in [6.07, 6.45) is 1.70. The third-order valence-corrected chi connectivity index (χ3v) is 4.87. The molecule has 1 N–H and O–H groups in total. The summed E-state index contributed by atoms with van der Waals surface area (Å²) in [5.41, 5.74) is 2.94. The van der Waals surface area contributed by atoms with Crippen molar-refractivity contribution in [2.45, 2.75) is 0 Å². The van der Waals surface area contributed by atoms with Crippen LogP contribution in [0.25, 0.3) is 22.8 Å². The Morgan fingerprint density at radius 1 is 0.667 bits per heavy atom. The molecular formula is C27H19FN4O. The molecular weight excluding hydrogens is 415 g/mol. The molecule has 0 radical (unpaired) electrons. The molecule has 0 atom stereocenters. The zero-order chi connectivity index (χ0) is 22.5. The van der Waals surface area contributed by atoms with Crippen molar-refractivity contribution in [3.8, 4) is 34.3 Å². The molecule has 5 aromatic rings. The van der Waals surface area contributed by atoms with Crippen LogP contribution in [0, 0.1) is 5.82 Å². The fourth-order valence-electron chi connectivity index (χ4n) is 3.27. The third-order valence-electron chi connectivity index (χ3n) is 4.87. The van der Waals surface area contributed by atoms with Crippen LogP contribution >= 0.6 is 0 Å². The van der Waals surface area contributed by atoms with E-state index in [1.165, 1.54) is 12.1 Å². The molecule has 0 spiro atoms. The van der Waals surface area contributed by atoms with Crippen molar-refractivity contribution in [1.82, 2.24) is 15.0 Å². The van der Waals surface area contributed by atoms with Gasteiger partial charge in [0.2, 0.25) is 0 Å². The summed E-state index contributed by atoms with van der Waals surface area (Å²) in [5, 5.41) is 3.32. The number of aromatic nitrogens is 3. The SMILES string of the molecule is Fc1ccc(-c2cc(Nc3ccc(Oc4ccccc4)cc3)nc(-c3ccccn3)n2)cc1. The molecule has 0 unspecified atom stereocenters. The topological polar surface area (TPSA) is 59.9 Å². The lowest BCUT2D eigenvalue weighted by Crippen LogP contribution is -2.00. The summed E-state index contributed by atoms with van der Waals surface area (Å²) < 4.78 is 19.3. The second kappa shape index (κ2) is 9.28. The van der Waals surface area contributed by atoms with E-state index >= 15 is 0 Å². The Kier molecular flexibility index (Phi) is 5.72. The summed E-state index contributed by atoms with van der Waals surface area (Å²) >= 11 is 0. The predicted octanol–water partition coefficient (Wildman–Crippen LogP) is 6.88. The number of para-hydroxylation sites is 1. The summed E-state index contributed by atoms with van der Waals surface area (Å²) in [6, 6.07) is 30.8. The van der Waals surface area contributed by atoms with Crippen molar-refractivity contribution in [3.05, 3.63) is 115 Å². The maximum atomic E-state index is 13.4. The zero-order valence-electron chi connectivity index (χ0n) is 17.5. The molecule has 2 aromatic heterocycles. The molecule has 0 saturated heterocycles. The second-order valence-corrected chi connectivity index (χ2v) is 7.25. The van der Waals surface area contributed by atoms with Crippen molar-refractivity contribution >= 4 is 11.5 Å². The van der Waals surface area contributed by atoms with Gasteiger partial charge in [-0.15, -0.1) is 0 Å². The van der Waals surface area contributed by atoms with Gasteiger partial charge in [-0.3, -0.25) is 4.98 Å². The van der Waals surface area contributed by atoms with E-state index < -0.39 is 0 Å². The molecule has 0 amide bonds. The predicted molar refractivity (Wildman–Crippen MR) is 127 cm³/mol. The van der Waals surface area contributed by atoms with Crippen LogP contribution < -0.4 is 10.1 Å². The van der Waals surface area contributed by atoms with E-state index in [2.05, 4.69) is 20.3 Å². The monoisotopic (exact) mass is 434 g/mol. The lowest BCUT2D eigenvalue weighted by molar-refractivity contribution is 0.483. The number of nitrogens with zero attached hydrogens (tertiary/aromatic N) is 3. The molecule has 0 aliphatic heterocycles. The summed E-state index contributed by atoms with van der Waals surface area (Å²) in [6.45, 7) is 0. The van der Waals surface area contributed by atoms with Crippen LogP contribution in [0.1, 0.15) is 0 Å². The fraction of sp³-hybridized carbons (Fsp3) is 0. The number of hydrogen-bond acceptors (Lipinski definition) is 5. The maximum absolute atomic E-state index is 13.4. The van der Waals surface area contributed by atoms with Crippen molar-refractivity contribution in [2.75, 3.05) is 5.32 Å². The van der Waals surface area contributed by atoms with E-state index in [4.69, 9.17) is 4.74 Å². The number of nitrogens with one attached hydrogen (secondary N) is 1. The number of rotatable bonds is 6. The molecule has 0 fully saturated rings. The summed E-state index contributed by atoms with van der Waals surface area (Å²) in [7, 11) is 0. The number of benzene rings is 3. The lowest BCUT2D eigenvalue weighted by atomic mass is 10.1. The summed E-state index contributed by atoms with van der Waals surface area (Å²) in [5.74, 6) is 2.29. The van der Waals surface area contributed by atoms with Crippen LogP contribution in [-0.2, 0) is 0 Å². The molecule has 3 aromatic carbocycles. The van der Waals surface area contributed by atoms with Crippen molar-refractivity contribution in [3.63, 3.8) is 0 Å². The fourth-order valence-corrected chi connectivity index (χ4v) is 3.27. The molecule has 0 saturated carbocycles. The van der Waals surface area contributed by atoms with Crippen LogP contribution in [0.2, 0.25) is 0 Å². The van der Waals surface area contributed by atoms with Gasteiger partial charge in [0.15, 0.2) is 5.82 Å². The van der Waals surface area contributed by atoms with Crippen molar-refractivity contribution < 1.29 is 9.13 Å². The van der Waals surface area contributed by atoms with Crippen molar-refractivity contribution in [2.24, 2.45) is 0 Å². The van der Waals surface area contributed by atoms with Crippen LogP contribution in [0.4, 0.5) is 15.9 Å². The van der Waals surface area contributed by atoms with E-state index in [1.54, 1.807) is 18.3 Å². The van der Waals surface area contributed by atoms with Gasteiger partial charge in [-0.05, 0) is 72.8 Å². The van der Waals surface area contributed by atoms with Gasteiger partial charge in [-0.2, -0.15) is 0 Å². The molecule has 160 valence electrons. The number of halogens is 1. The van der Waals surface area contributed by atoms with E-state index in [1.807, 2.05) is 78.9 Å². The first kappa shape index (κ1) is 20.3. The minimum Gasteiger partial charge on any atom is -0.457 e. The first-order valence-corrected chi connectivity index (χ1v) is 10.4. The van der Waals surface area contributed by atoms with Gasteiger partial charge in [0.25, 0.3) is 0 Å². The Hall–Kier alpha value is -4.58. The highest BCUT2D eigenvalue weighted by molar-refractivity contribution is 5.69. The molecule has 33 heavy (non-hydrogen) atoms. The molecule has 6 heteroatoms. The van der Waals surface area contributed by atoms with Crippen LogP contribution in [0.3, 0.4) is 0 Å². The van der Waals surface area contributed by atoms with E-state index in [9.17, 15) is 4.39 Å². The normalized spacial score (nSPS) is 10.6.